The topological polar surface area (TPSA) is 69.0 Å². The number of nitrogens with zero attached hydrogens (tertiary/aromatic N) is 3. The lowest BCUT2D eigenvalue weighted by atomic mass is 10.0. The molecule has 1 amide bonds. The largest absolute Gasteiger partial charge is 0.486 e. The van der Waals surface area contributed by atoms with Gasteiger partial charge in [0, 0.05) is 18.5 Å². The number of carbonyl (C=O) groups excluding carboxylic acids is 1. The number of aromatic nitrogens is 3. The summed E-state index contributed by atoms with van der Waals surface area (Å²) in [6.07, 6.45) is 0.801. The van der Waals surface area contributed by atoms with E-state index < -0.39 is 0 Å². The zero-order chi connectivity index (χ0) is 18.4. The van der Waals surface area contributed by atoms with Gasteiger partial charge in [0.15, 0.2) is 5.82 Å². The van der Waals surface area contributed by atoms with Gasteiger partial charge in [-0.1, -0.05) is 25.4 Å². The summed E-state index contributed by atoms with van der Waals surface area (Å²) < 4.78 is 7.54. The first-order chi connectivity index (χ1) is 11.9. The molecular weight excluding hydrogens is 340 g/mol. The summed E-state index contributed by atoms with van der Waals surface area (Å²) in [6, 6.07) is 7.00. The summed E-state index contributed by atoms with van der Waals surface area (Å²) in [5.41, 5.74) is 0. The van der Waals surface area contributed by atoms with Crippen LogP contribution in [-0.2, 0) is 17.9 Å². The number of halogens is 1. The Morgan fingerprint density at radius 3 is 2.56 bits per heavy atom. The Balaban J connectivity index is 2.15. The van der Waals surface area contributed by atoms with Gasteiger partial charge in [-0.2, -0.15) is 5.10 Å². The molecule has 1 heterocycles. The third kappa shape index (κ3) is 5.74. The molecule has 1 aromatic heterocycles. The minimum absolute atomic E-state index is 0.0738. The summed E-state index contributed by atoms with van der Waals surface area (Å²) in [6.45, 7) is 8.69. The molecule has 2 rings (SSSR count). The molecule has 6 nitrogen and oxygen atoms in total. The van der Waals surface area contributed by atoms with Gasteiger partial charge in [-0.3, -0.25) is 4.79 Å². The van der Waals surface area contributed by atoms with Crippen molar-refractivity contribution in [3.05, 3.63) is 40.9 Å². The minimum Gasteiger partial charge on any atom is -0.486 e. The van der Waals surface area contributed by atoms with Crippen LogP contribution in [0.3, 0.4) is 0 Å². The molecule has 0 saturated carbocycles. The number of rotatable bonds is 8. The first-order valence-corrected chi connectivity index (χ1v) is 8.86. The van der Waals surface area contributed by atoms with Crippen LogP contribution >= 0.6 is 11.6 Å². The molecule has 0 saturated heterocycles. The quantitative estimate of drug-likeness (QED) is 0.774. The number of aryl methyl sites for hydroxylation is 1. The maximum Gasteiger partial charge on any atom is 0.217 e. The van der Waals surface area contributed by atoms with E-state index >= 15 is 0 Å². The number of hydrogen-bond acceptors (Lipinski definition) is 4. The summed E-state index contributed by atoms with van der Waals surface area (Å²) in [5.74, 6) is 2.41. The van der Waals surface area contributed by atoms with Crippen molar-refractivity contribution in [3.8, 4) is 5.75 Å². The van der Waals surface area contributed by atoms with Crippen molar-refractivity contribution in [2.24, 2.45) is 5.92 Å². The standard InChI is InChI=1S/C18H25ClN4O2/c1-5-23-18(16(10-12(2)3)20-13(4)24)21-17(22-23)11-25-15-8-6-14(19)7-9-15/h6-9,12,16H,5,10-11H2,1-4H3,(H,20,24)/t16-/m1/s1. The number of hydrogen-bond donors (Lipinski definition) is 1. The average Bonchev–Trinajstić information content (AvgIpc) is 2.96. The van der Waals surface area contributed by atoms with Crippen molar-refractivity contribution in [2.75, 3.05) is 0 Å². The summed E-state index contributed by atoms with van der Waals surface area (Å²) in [7, 11) is 0. The van der Waals surface area contributed by atoms with Gasteiger partial charge in [0.2, 0.25) is 5.91 Å². The second-order valence-corrected chi connectivity index (χ2v) is 6.76. The first-order valence-electron chi connectivity index (χ1n) is 8.48. The van der Waals surface area contributed by atoms with Crippen LogP contribution in [0.2, 0.25) is 5.02 Å². The van der Waals surface area contributed by atoms with Crippen molar-refractivity contribution >= 4 is 17.5 Å². The predicted octanol–water partition coefficient (Wildman–Crippen LogP) is 3.75. The summed E-state index contributed by atoms with van der Waals surface area (Å²) >= 11 is 5.87. The average molecular weight is 365 g/mol. The molecule has 7 heteroatoms. The van der Waals surface area contributed by atoms with Crippen molar-refractivity contribution in [2.45, 2.75) is 53.3 Å². The molecule has 25 heavy (non-hydrogen) atoms. The number of nitrogens with one attached hydrogen (secondary N) is 1. The van der Waals surface area contributed by atoms with Crippen LogP contribution in [0.25, 0.3) is 0 Å². The first kappa shape index (κ1) is 19.2. The normalized spacial score (nSPS) is 12.2. The predicted molar refractivity (Wildman–Crippen MR) is 97.5 cm³/mol. The third-order valence-corrected chi connectivity index (χ3v) is 3.87. The SMILES string of the molecule is CCn1nc(COc2ccc(Cl)cc2)nc1[C@@H](CC(C)C)NC(C)=O. The second kappa shape index (κ2) is 8.85. The van der Waals surface area contributed by atoms with E-state index in [4.69, 9.17) is 16.3 Å². The van der Waals surface area contributed by atoms with Crippen LogP contribution in [0.15, 0.2) is 24.3 Å². The number of amides is 1. The molecular formula is C18H25ClN4O2. The Morgan fingerprint density at radius 1 is 1.32 bits per heavy atom. The molecule has 0 aliphatic heterocycles. The van der Waals surface area contributed by atoms with Crippen LogP contribution in [0, 0.1) is 5.92 Å². The number of ether oxygens (including phenoxy) is 1. The lowest BCUT2D eigenvalue weighted by Crippen LogP contribution is -2.29. The van der Waals surface area contributed by atoms with Gasteiger partial charge in [-0.05, 0) is 43.5 Å². The molecule has 0 unspecified atom stereocenters. The molecule has 2 aromatic rings. The van der Waals surface area contributed by atoms with Crippen LogP contribution in [0.4, 0.5) is 0 Å². The smallest absolute Gasteiger partial charge is 0.217 e. The Hall–Kier alpha value is -2.08. The van der Waals surface area contributed by atoms with Crippen LogP contribution in [-0.4, -0.2) is 20.7 Å². The monoisotopic (exact) mass is 364 g/mol. The van der Waals surface area contributed by atoms with Gasteiger partial charge in [0.05, 0.1) is 6.04 Å². The molecule has 1 N–H and O–H groups in total. The molecule has 1 aromatic carbocycles. The van der Waals surface area contributed by atoms with E-state index in [9.17, 15) is 4.79 Å². The zero-order valence-electron chi connectivity index (χ0n) is 15.1. The van der Waals surface area contributed by atoms with Gasteiger partial charge in [0.1, 0.15) is 18.2 Å². The summed E-state index contributed by atoms with van der Waals surface area (Å²) in [4.78, 5) is 16.2. The van der Waals surface area contributed by atoms with Crippen molar-refractivity contribution in [3.63, 3.8) is 0 Å². The van der Waals surface area contributed by atoms with Crippen LogP contribution < -0.4 is 10.1 Å². The van der Waals surface area contributed by atoms with Crippen molar-refractivity contribution in [1.82, 2.24) is 20.1 Å². The van der Waals surface area contributed by atoms with Crippen molar-refractivity contribution in [1.29, 1.82) is 0 Å². The minimum atomic E-state index is -0.158. The zero-order valence-corrected chi connectivity index (χ0v) is 15.9. The van der Waals surface area contributed by atoms with E-state index in [1.54, 1.807) is 24.3 Å². The highest BCUT2D eigenvalue weighted by Crippen LogP contribution is 2.21. The summed E-state index contributed by atoms with van der Waals surface area (Å²) in [5, 5.41) is 8.14. The fourth-order valence-corrected chi connectivity index (χ4v) is 2.70. The van der Waals surface area contributed by atoms with E-state index in [0.717, 1.165) is 12.2 Å². The lowest BCUT2D eigenvalue weighted by molar-refractivity contribution is -0.119. The molecule has 0 fully saturated rings. The van der Waals surface area contributed by atoms with Gasteiger partial charge in [0.25, 0.3) is 0 Å². The molecule has 1 atom stereocenters. The second-order valence-electron chi connectivity index (χ2n) is 6.33. The van der Waals surface area contributed by atoms with Gasteiger partial charge >= 0.3 is 0 Å². The van der Waals surface area contributed by atoms with E-state index in [-0.39, 0.29) is 18.6 Å². The fourth-order valence-electron chi connectivity index (χ4n) is 2.58. The molecule has 136 valence electrons. The van der Waals surface area contributed by atoms with Crippen LogP contribution in [0.5, 0.6) is 5.75 Å². The van der Waals surface area contributed by atoms with E-state index in [1.165, 1.54) is 6.92 Å². The Labute approximate surface area is 153 Å². The number of carbonyl (C=O) groups is 1. The molecule has 0 spiro atoms. The Bertz CT molecular complexity index is 698. The van der Waals surface area contributed by atoms with Crippen molar-refractivity contribution < 1.29 is 9.53 Å². The van der Waals surface area contributed by atoms with E-state index in [0.29, 0.717) is 29.1 Å². The maximum absolute atomic E-state index is 11.5. The number of benzene rings is 1. The molecule has 0 bridgehead atoms. The molecule has 0 aliphatic rings. The fraction of sp³-hybridized carbons (Fsp3) is 0.500. The Kier molecular flexibility index (Phi) is 6.82. The third-order valence-electron chi connectivity index (χ3n) is 3.62. The molecule has 0 radical (unpaired) electrons. The Morgan fingerprint density at radius 2 is 2.00 bits per heavy atom. The van der Waals surface area contributed by atoms with Gasteiger partial charge < -0.3 is 10.1 Å². The highest BCUT2D eigenvalue weighted by Gasteiger charge is 2.22. The van der Waals surface area contributed by atoms with E-state index in [2.05, 4.69) is 29.2 Å². The highest BCUT2D eigenvalue weighted by molar-refractivity contribution is 6.30. The maximum atomic E-state index is 11.5. The highest BCUT2D eigenvalue weighted by atomic mass is 35.5. The van der Waals surface area contributed by atoms with E-state index in [1.807, 2.05) is 11.6 Å². The van der Waals surface area contributed by atoms with Crippen LogP contribution in [0.1, 0.15) is 51.8 Å². The molecule has 0 aliphatic carbocycles. The van der Waals surface area contributed by atoms with Gasteiger partial charge in [-0.25, -0.2) is 9.67 Å². The van der Waals surface area contributed by atoms with Gasteiger partial charge in [-0.15, -0.1) is 0 Å². The lowest BCUT2D eigenvalue weighted by Gasteiger charge is -2.19.